The van der Waals surface area contributed by atoms with Gasteiger partial charge in [0.2, 0.25) is 5.91 Å². The largest absolute Gasteiger partial charge is 0.368 e. The summed E-state index contributed by atoms with van der Waals surface area (Å²) in [5.74, 6) is 0.245. The molecule has 1 aliphatic heterocycles. The van der Waals surface area contributed by atoms with Crippen molar-refractivity contribution >= 4 is 17.3 Å². The van der Waals surface area contributed by atoms with Gasteiger partial charge in [-0.1, -0.05) is 49.2 Å². The van der Waals surface area contributed by atoms with E-state index in [1.165, 1.54) is 6.07 Å². The van der Waals surface area contributed by atoms with Crippen molar-refractivity contribution in [3.63, 3.8) is 0 Å². The maximum Gasteiger partial charge on any atom is 0.271 e. The van der Waals surface area contributed by atoms with Crippen LogP contribution in [0.5, 0.6) is 0 Å². The first-order valence-electron chi connectivity index (χ1n) is 9.94. The van der Waals surface area contributed by atoms with E-state index < -0.39 is 0 Å². The number of piperazine rings is 1. The highest BCUT2D eigenvalue weighted by Crippen LogP contribution is 2.42. The molecular formula is C22H25N3O3. The molecule has 2 aromatic rings. The van der Waals surface area contributed by atoms with Gasteiger partial charge in [0.25, 0.3) is 5.69 Å². The molecule has 0 aromatic heterocycles. The van der Waals surface area contributed by atoms with Crippen molar-refractivity contribution in [2.24, 2.45) is 0 Å². The molecule has 28 heavy (non-hydrogen) atoms. The maximum absolute atomic E-state index is 13.5. The van der Waals surface area contributed by atoms with Gasteiger partial charge in [-0.05, 0) is 24.5 Å². The van der Waals surface area contributed by atoms with Crippen LogP contribution in [-0.2, 0) is 10.2 Å². The van der Waals surface area contributed by atoms with Crippen LogP contribution in [0.3, 0.4) is 0 Å². The summed E-state index contributed by atoms with van der Waals surface area (Å²) in [6.07, 6.45) is 4.02. The van der Waals surface area contributed by atoms with E-state index in [1.807, 2.05) is 29.2 Å². The molecule has 0 unspecified atom stereocenters. The van der Waals surface area contributed by atoms with E-state index in [1.54, 1.807) is 12.1 Å². The fourth-order valence-corrected chi connectivity index (χ4v) is 4.64. The van der Waals surface area contributed by atoms with Crippen LogP contribution in [0.1, 0.15) is 31.2 Å². The Hall–Kier alpha value is -2.89. The Bertz CT molecular complexity index is 854. The van der Waals surface area contributed by atoms with E-state index in [-0.39, 0.29) is 21.9 Å². The number of hydrogen-bond donors (Lipinski definition) is 0. The zero-order valence-corrected chi connectivity index (χ0v) is 15.9. The Balaban J connectivity index is 1.48. The van der Waals surface area contributed by atoms with E-state index in [9.17, 15) is 14.9 Å². The van der Waals surface area contributed by atoms with Gasteiger partial charge in [-0.15, -0.1) is 0 Å². The molecule has 146 valence electrons. The lowest BCUT2D eigenvalue weighted by molar-refractivity contribution is -0.384. The fraction of sp³-hybridized carbons (Fsp3) is 0.409. The van der Waals surface area contributed by atoms with Gasteiger partial charge < -0.3 is 9.80 Å². The standard InChI is InChI=1S/C22H25N3O3/c26-21(22(11-4-5-12-22)18-7-2-1-3-8-18)24-15-13-23(14-16-24)19-9-6-10-20(17-19)25(27)28/h1-3,6-10,17H,4-5,11-16H2. The van der Waals surface area contributed by atoms with Crippen LogP contribution in [0.4, 0.5) is 11.4 Å². The van der Waals surface area contributed by atoms with Crippen molar-refractivity contribution in [2.75, 3.05) is 31.1 Å². The first kappa shape index (κ1) is 18.5. The van der Waals surface area contributed by atoms with E-state index in [0.717, 1.165) is 36.9 Å². The first-order chi connectivity index (χ1) is 13.6. The Morgan fingerprint density at radius 1 is 0.929 bits per heavy atom. The number of nitro groups is 1. The highest BCUT2D eigenvalue weighted by molar-refractivity contribution is 5.89. The molecular weight excluding hydrogens is 354 g/mol. The Labute approximate surface area is 164 Å². The average molecular weight is 379 g/mol. The summed E-state index contributed by atoms with van der Waals surface area (Å²) >= 11 is 0. The number of hydrogen-bond acceptors (Lipinski definition) is 4. The minimum Gasteiger partial charge on any atom is -0.368 e. The third kappa shape index (κ3) is 3.35. The third-order valence-corrected chi connectivity index (χ3v) is 6.17. The fourth-order valence-electron chi connectivity index (χ4n) is 4.64. The van der Waals surface area contributed by atoms with Gasteiger partial charge in [-0.3, -0.25) is 14.9 Å². The van der Waals surface area contributed by atoms with Crippen molar-refractivity contribution in [3.05, 3.63) is 70.3 Å². The molecule has 0 atom stereocenters. The second-order valence-electron chi connectivity index (χ2n) is 7.71. The van der Waals surface area contributed by atoms with E-state index >= 15 is 0 Å². The summed E-state index contributed by atoms with van der Waals surface area (Å²) in [4.78, 5) is 28.3. The van der Waals surface area contributed by atoms with Gasteiger partial charge in [0.1, 0.15) is 0 Å². The summed E-state index contributed by atoms with van der Waals surface area (Å²) in [5, 5.41) is 11.0. The van der Waals surface area contributed by atoms with Gasteiger partial charge >= 0.3 is 0 Å². The number of carbonyl (C=O) groups is 1. The van der Waals surface area contributed by atoms with Crippen LogP contribution in [-0.4, -0.2) is 41.9 Å². The zero-order valence-electron chi connectivity index (χ0n) is 15.9. The summed E-state index contributed by atoms with van der Waals surface area (Å²) in [7, 11) is 0. The van der Waals surface area contributed by atoms with E-state index in [4.69, 9.17) is 0 Å². The molecule has 1 heterocycles. The second kappa shape index (κ2) is 7.62. The van der Waals surface area contributed by atoms with Crippen molar-refractivity contribution in [2.45, 2.75) is 31.1 Å². The molecule has 2 fully saturated rings. The smallest absolute Gasteiger partial charge is 0.271 e. The van der Waals surface area contributed by atoms with Crippen molar-refractivity contribution in [1.82, 2.24) is 4.90 Å². The van der Waals surface area contributed by atoms with Gasteiger partial charge in [0, 0.05) is 44.0 Å². The van der Waals surface area contributed by atoms with Crippen LogP contribution in [0, 0.1) is 10.1 Å². The molecule has 6 nitrogen and oxygen atoms in total. The number of non-ortho nitro benzene ring substituents is 1. The third-order valence-electron chi connectivity index (χ3n) is 6.17. The molecule has 0 bridgehead atoms. The summed E-state index contributed by atoms with van der Waals surface area (Å²) in [6, 6.07) is 16.9. The molecule has 2 aliphatic rings. The molecule has 0 spiro atoms. The first-order valence-corrected chi connectivity index (χ1v) is 9.94. The van der Waals surface area contributed by atoms with E-state index in [0.29, 0.717) is 26.2 Å². The summed E-state index contributed by atoms with van der Waals surface area (Å²) < 4.78 is 0. The van der Waals surface area contributed by atoms with Gasteiger partial charge in [0.05, 0.1) is 10.3 Å². The minimum atomic E-state index is -0.380. The number of anilines is 1. The summed E-state index contributed by atoms with van der Waals surface area (Å²) in [6.45, 7) is 2.68. The van der Waals surface area contributed by atoms with Crippen molar-refractivity contribution < 1.29 is 9.72 Å². The highest BCUT2D eigenvalue weighted by Gasteiger charge is 2.45. The summed E-state index contributed by atoms with van der Waals surface area (Å²) in [5.41, 5.74) is 1.71. The molecule has 0 radical (unpaired) electrons. The quantitative estimate of drug-likeness (QED) is 0.599. The molecule has 1 saturated carbocycles. The minimum absolute atomic E-state index is 0.102. The highest BCUT2D eigenvalue weighted by atomic mass is 16.6. The Morgan fingerprint density at radius 3 is 2.25 bits per heavy atom. The molecule has 0 N–H and O–H groups in total. The topological polar surface area (TPSA) is 66.7 Å². The van der Waals surface area contributed by atoms with Gasteiger partial charge in [-0.2, -0.15) is 0 Å². The van der Waals surface area contributed by atoms with Gasteiger partial charge in [-0.25, -0.2) is 0 Å². The SMILES string of the molecule is O=C(N1CCN(c2cccc([N+](=O)[O-])c2)CC1)C1(c2ccccc2)CCCC1. The number of benzene rings is 2. The Kier molecular flexibility index (Phi) is 5.03. The number of amides is 1. The lowest BCUT2D eigenvalue weighted by Gasteiger charge is -2.40. The van der Waals surface area contributed by atoms with Crippen molar-refractivity contribution in [1.29, 1.82) is 0 Å². The predicted octanol–water partition coefficient (Wildman–Crippen LogP) is 3.76. The number of rotatable bonds is 4. The molecule has 6 heteroatoms. The van der Waals surface area contributed by atoms with Crippen LogP contribution in [0.15, 0.2) is 54.6 Å². The van der Waals surface area contributed by atoms with Crippen LogP contribution in [0.25, 0.3) is 0 Å². The van der Waals surface area contributed by atoms with E-state index in [2.05, 4.69) is 17.0 Å². The molecule has 4 rings (SSSR count). The molecule has 1 amide bonds. The van der Waals surface area contributed by atoms with Crippen molar-refractivity contribution in [3.8, 4) is 0 Å². The Morgan fingerprint density at radius 2 is 1.61 bits per heavy atom. The number of nitrogens with zero attached hydrogens (tertiary/aromatic N) is 3. The molecule has 1 saturated heterocycles. The van der Waals surface area contributed by atoms with Gasteiger partial charge in [0.15, 0.2) is 0 Å². The normalized spacial score (nSPS) is 18.9. The van der Waals surface area contributed by atoms with Crippen LogP contribution < -0.4 is 4.90 Å². The number of nitro benzene ring substituents is 1. The lowest BCUT2D eigenvalue weighted by atomic mass is 9.77. The predicted molar refractivity (Wildman–Crippen MR) is 108 cm³/mol. The van der Waals surface area contributed by atoms with Crippen LogP contribution in [0.2, 0.25) is 0 Å². The second-order valence-corrected chi connectivity index (χ2v) is 7.71. The monoisotopic (exact) mass is 379 g/mol. The van der Waals surface area contributed by atoms with Crippen LogP contribution >= 0.6 is 0 Å². The average Bonchev–Trinajstić information content (AvgIpc) is 3.25. The lowest BCUT2D eigenvalue weighted by Crippen LogP contribution is -2.54. The molecule has 2 aromatic carbocycles. The number of carbonyl (C=O) groups excluding carboxylic acids is 1. The zero-order chi connectivity index (χ0) is 19.6. The maximum atomic E-state index is 13.5. The molecule has 1 aliphatic carbocycles.